The molecule has 0 saturated heterocycles. The van der Waals surface area contributed by atoms with E-state index in [-0.39, 0.29) is 12.6 Å². The molecule has 0 heterocycles. The van der Waals surface area contributed by atoms with Gasteiger partial charge in [-0.25, -0.2) is 0 Å². The minimum atomic E-state index is 0.176. The summed E-state index contributed by atoms with van der Waals surface area (Å²) in [4.78, 5) is 0. The molecule has 0 aliphatic heterocycles. The van der Waals surface area contributed by atoms with E-state index in [0.29, 0.717) is 17.9 Å². The van der Waals surface area contributed by atoms with Crippen LogP contribution in [0.2, 0.25) is 0 Å². The molecule has 19 heavy (non-hydrogen) atoms. The zero-order valence-electron chi connectivity index (χ0n) is 12.2. The summed E-state index contributed by atoms with van der Waals surface area (Å²) in [6.07, 6.45) is 4.88. The van der Waals surface area contributed by atoms with Crippen LogP contribution in [0.25, 0.3) is 0 Å². The minimum Gasteiger partial charge on any atom is -0.395 e. The van der Waals surface area contributed by atoms with Gasteiger partial charge in [-0.2, -0.15) is 0 Å². The molecule has 3 atom stereocenters. The number of hydrogen-bond donors (Lipinski definition) is 2. The Hall–Kier alpha value is -0.860. The third-order valence-electron chi connectivity index (χ3n) is 4.52. The van der Waals surface area contributed by atoms with Crippen molar-refractivity contribution in [1.29, 1.82) is 0 Å². The lowest BCUT2D eigenvalue weighted by Gasteiger charge is -2.37. The van der Waals surface area contributed by atoms with Gasteiger partial charge in [-0.1, -0.05) is 50.6 Å². The van der Waals surface area contributed by atoms with Crippen molar-refractivity contribution in [3.8, 4) is 0 Å². The first kappa shape index (κ1) is 14.5. The van der Waals surface area contributed by atoms with E-state index in [4.69, 9.17) is 0 Å². The van der Waals surface area contributed by atoms with Crippen molar-refractivity contribution in [1.82, 2.24) is 5.32 Å². The van der Waals surface area contributed by atoms with E-state index in [1.807, 2.05) is 6.07 Å². The number of nitrogens with one attached hydrogen (secondary N) is 1. The summed E-state index contributed by atoms with van der Waals surface area (Å²) >= 11 is 0. The molecule has 106 valence electrons. The first-order chi connectivity index (χ1) is 9.20. The van der Waals surface area contributed by atoms with Gasteiger partial charge in [-0.15, -0.1) is 0 Å². The molecule has 0 radical (unpaired) electrons. The number of aliphatic hydroxyl groups excluding tert-OH is 1. The molecule has 1 saturated carbocycles. The first-order valence-corrected chi connectivity index (χ1v) is 7.61. The predicted molar refractivity (Wildman–Crippen MR) is 80.1 cm³/mol. The van der Waals surface area contributed by atoms with Crippen molar-refractivity contribution in [2.24, 2.45) is 11.8 Å². The summed E-state index contributed by atoms with van der Waals surface area (Å²) in [5, 5.41) is 13.3. The molecular formula is C17H27NO. The molecule has 1 fully saturated rings. The lowest BCUT2D eigenvalue weighted by molar-refractivity contribution is 0.160. The van der Waals surface area contributed by atoms with Crippen molar-refractivity contribution < 1.29 is 5.11 Å². The van der Waals surface area contributed by atoms with Gasteiger partial charge >= 0.3 is 0 Å². The van der Waals surface area contributed by atoms with Gasteiger partial charge in [0.2, 0.25) is 0 Å². The van der Waals surface area contributed by atoms with E-state index >= 15 is 0 Å². The molecule has 2 rings (SSSR count). The van der Waals surface area contributed by atoms with E-state index in [9.17, 15) is 5.11 Å². The summed E-state index contributed by atoms with van der Waals surface area (Å²) in [6, 6.07) is 11.2. The summed E-state index contributed by atoms with van der Waals surface area (Å²) in [6.45, 7) is 4.89. The van der Waals surface area contributed by atoms with Gasteiger partial charge in [-0.05, 0) is 36.7 Å². The smallest absolute Gasteiger partial charge is 0.0587 e. The van der Waals surface area contributed by atoms with Crippen LogP contribution in [0.5, 0.6) is 0 Å². The molecule has 0 amide bonds. The summed E-state index contributed by atoms with van der Waals surface area (Å²) in [5.41, 5.74) is 1.30. The van der Waals surface area contributed by atoms with Gasteiger partial charge in [0.15, 0.2) is 0 Å². The van der Waals surface area contributed by atoms with Crippen LogP contribution in [0.1, 0.15) is 38.7 Å². The molecule has 2 N–H and O–H groups in total. The number of hydrogen-bond acceptors (Lipinski definition) is 2. The maximum Gasteiger partial charge on any atom is 0.0587 e. The molecular weight excluding hydrogens is 234 g/mol. The molecule has 1 aromatic carbocycles. The van der Waals surface area contributed by atoms with Crippen LogP contribution in [0.3, 0.4) is 0 Å². The largest absolute Gasteiger partial charge is 0.395 e. The number of aliphatic hydroxyl groups is 1. The predicted octanol–water partition coefficient (Wildman–Crippen LogP) is 3.00. The van der Waals surface area contributed by atoms with Gasteiger partial charge < -0.3 is 10.4 Å². The van der Waals surface area contributed by atoms with Crippen LogP contribution in [-0.4, -0.2) is 23.8 Å². The van der Waals surface area contributed by atoms with E-state index in [0.717, 1.165) is 6.42 Å². The summed E-state index contributed by atoms with van der Waals surface area (Å²) in [5.74, 6) is 1.43. The Morgan fingerprint density at radius 1 is 1.16 bits per heavy atom. The topological polar surface area (TPSA) is 32.3 Å². The van der Waals surface area contributed by atoms with E-state index < -0.39 is 0 Å². The Morgan fingerprint density at radius 2 is 1.79 bits per heavy atom. The van der Waals surface area contributed by atoms with Crippen LogP contribution < -0.4 is 5.32 Å². The molecule has 2 heteroatoms. The molecule has 0 aromatic heterocycles. The van der Waals surface area contributed by atoms with Gasteiger partial charge in [0.25, 0.3) is 0 Å². The second-order valence-corrected chi connectivity index (χ2v) is 6.15. The lowest BCUT2D eigenvalue weighted by atomic mass is 9.78. The highest BCUT2D eigenvalue weighted by atomic mass is 16.3. The molecule has 0 bridgehead atoms. The molecule has 2 nitrogen and oxygen atoms in total. The Morgan fingerprint density at radius 3 is 2.37 bits per heavy atom. The van der Waals surface area contributed by atoms with Gasteiger partial charge in [0, 0.05) is 12.1 Å². The lowest BCUT2D eigenvalue weighted by Crippen LogP contribution is -2.49. The van der Waals surface area contributed by atoms with E-state index in [1.165, 1.54) is 24.8 Å². The maximum absolute atomic E-state index is 9.63. The highest BCUT2D eigenvalue weighted by molar-refractivity contribution is 5.16. The maximum atomic E-state index is 9.63. The quantitative estimate of drug-likeness (QED) is 0.854. The van der Waals surface area contributed by atoms with E-state index in [1.54, 1.807) is 0 Å². The highest BCUT2D eigenvalue weighted by Crippen LogP contribution is 2.29. The molecule has 1 aliphatic rings. The van der Waals surface area contributed by atoms with Crippen molar-refractivity contribution >= 4 is 0 Å². The Kier molecular flexibility index (Phi) is 5.41. The van der Waals surface area contributed by atoms with Crippen molar-refractivity contribution in [2.75, 3.05) is 6.61 Å². The molecule has 1 aliphatic carbocycles. The monoisotopic (exact) mass is 261 g/mol. The van der Waals surface area contributed by atoms with Crippen molar-refractivity contribution in [2.45, 2.75) is 51.6 Å². The zero-order chi connectivity index (χ0) is 13.7. The Labute approximate surface area is 117 Å². The zero-order valence-corrected chi connectivity index (χ0v) is 12.2. The van der Waals surface area contributed by atoms with E-state index in [2.05, 4.69) is 43.4 Å². The first-order valence-electron chi connectivity index (χ1n) is 7.61. The van der Waals surface area contributed by atoms with Gasteiger partial charge in [0.05, 0.1) is 6.61 Å². The van der Waals surface area contributed by atoms with Crippen molar-refractivity contribution in [3.05, 3.63) is 35.9 Å². The fourth-order valence-corrected chi connectivity index (χ4v) is 3.36. The second kappa shape index (κ2) is 7.06. The fourth-order valence-electron chi connectivity index (χ4n) is 3.36. The van der Waals surface area contributed by atoms with Crippen molar-refractivity contribution in [3.63, 3.8) is 0 Å². The third-order valence-corrected chi connectivity index (χ3v) is 4.52. The van der Waals surface area contributed by atoms with Crippen LogP contribution >= 0.6 is 0 Å². The number of rotatable bonds is 5. The highest BCUT2D eigenvalue weighted by Gasteiger charge is 2.29. The SMILES string of the molecule is CC1CCCC(C)C1N[C@@H](CO)Cc1ccccc1. The Balaban J connectivity index is 1.94. The summed E-state index contributed by atoms with van der Waals surface area (Å²) in [7, 11) is 0. The third kappa shape index (κ3) is 4.05. The average Bonchev–Trinajstić information content (AvgIpc) is 2.43. The second-order valence-electron chi connectivity index (χ2n) is 6.15. The normalized spacial score (nSPS) is 29.1. The molecule has 2 unspecified atom stereocenters. The van der Waals surface area contributed by atoms with Gasteiger partial charge in [-0.3, -0.25) is 0 Å². The Bertz CT molecular complexity index is 355. The standard InChI is InChI=1S/C17H27NO/c1-13-7-6-8-14(2)17(13)18-16(12-19)11-15-9-4-3-5-10-15/h3-5,9-10,13-14,16-19H,6-8,11-12H2,1-2H3/t13?,14?,16-,17?/m1/s1. The average molecular weight is 261 g/mol. The van der Waals surface area contributed by atoms with Crippen LogP contribution in [0.4, 0.5) is 0 Å². The molecule has 0 spiro atoms. The minimum absolute atomic E-state index is 0.176. The van der Waals surface area contributed by atoms with Crippen LogP contribution in [-0.2, 0) is 6.42 Å². The fraction of sp³-hybridized carbons (Fsp3) is 0.647. The number of benzene rings is 1. The van der Waals surface area contributed by atoms with Crippen LogP contribution in [0.15, 0.2) is 30.3 Å². The molecule has 1 aromatic rings. The van der Waals surface area contributed by atoms with Crippen LogP contribution in [0, 0.1) is 11.8 Å². The van der Waals surface area contributed by atoms with Gasteiger partial charge in [0.1, 0.15) is 0 Å². The summed E-state index contributed by atoms with van der Waals surface area (Å²) < 4.78 is 0.